The maximum Gasteiger partial charge on any atom is 0.265 e. The van der Waals surface area contributed by atoms with E-state index in [4.69, 9.17) is 0 Å². The molecule has 17 heavy (non-hydrogen) atoms. The van der Waals surface area contributed by atoms with E-state index in [0.717, 1.165) is 17.7 Å². The Bertz CT molecular complexity index is 599. The van der Waals surface area contributed by atoms with Crippen LogP contribution < -0.4 is 5.56 Å². The Morgan fingerprint density at radius 1 is 1.18 bits per heavy atom. The molecule has 0 atom stereocenters. The molecule has 2 rings (SSSR count). The first-order valence-corrected chi connectivity index (χ1v) is 5.53. The summed E-state index contributed by atoms with van der Waals surface area (Å²) in [5.74, 6) is 0. The molecule has 1 heterocycles. The molecular formula is C14H13NO2. The average Bonchev–Trinajstić information content (AvgIpc) is 2.39. The molecule has 0 fully saturated rings. The van der Waals surface area contributed by atoms with Crippen LogP contribution in [0.4, 0.5) is 0 Å². The van der Waals surface area contributed by atoms with E-state index in [2.05, 4.69) is 0 Å². The third-order valence-corrected chi connectivity index (χ3v) is 2.74. The van der Waals surface area contributed by atoms with Gasteiger partial charge in [0.25, 0.3) is 5.56 Å². The van der Waals surface area contributed by atoms with E-state index < -0.39 is 0 Å². The summed E-state index contributed by atoms with van der Waals surface area (Å²) in [7, 11) is 0. The molecule has 0 bridgehead atoms. The molecule has 0 unspecified atom stereocenters. The number of aromatic nitrogens is 1. The van der Waals surface area contributed by atoms with Crippen molar-refractivity contribution < 1.29 is 4.79 Å². The number of carbonyl (C=O) groups excluding carboxylic acids is 1. The normalized spacial score (nSPS) is 10.2. The van der Waals surface area contributed by atoms with Gasteiger partial charge in [0.05, 0.1) is 11.3 Å². The van der Waals surface area contributed by atoms with Crippen LogP contribution in [0.5, 0.6) is 0 Å². The van der Waals surface area contributed by atoms with Gasteiger partial charge in [0.15, 0.2) is 6.29 Å². The van der Waals surface area contributed by atoms with E-state index in [1.807, 2.05) is 31.2 Å². The fourth-order valence-corrected chi connectivity index (χ4v) is 1.84. The maximum absolute atomic E-state index is 12.0. The summed E-state index contributed by atoms with van der Waals surface area (Å²) < 4.78 is 1.52. The summed E-state index contributed by atoms with van der Waals surface area (Å²) in [5, 5.41) is 0. The SMILES string of the molecule is CCc1ccccc1-n1cccc(C=O)c1=O. The first-order chi connectivity index (χ1) is 8.27. The number of hydrogen-bond acceptors (Lipinski definition) is 2. The lowest BCUT2D eigenvalue weighted by molar-refractivity contribution is 0.112. The zero-order valence-electron chi connectivity index (χ0n) is 9.59. The lowest BCUT2D eigenvalue weighted by Gasteiger charge is -2.10. The van der Waals surface area contributed by atoms with Crippen molar-refractivity contribution in [1.82, 2.24) is 4.57 Å². The number of nitrogens with zero attached hydrogens (tertiary/aromatic N) is 1. The smallest absolute Gasteiger partial charge is 0.265 e. The van der Waals surface area contributed by atoms with Crippen molar-refractivity contribution in [3.05, 3.63) is 64.1 Å². The quantitative estimate of drug-likeness (QED) is 0.754. The van der Waals surface area contributed by atoms with Crippen molar-refractivity contribution in [3.63, 3.8) is 0 Å². The molecular weight excluding hydrogens is 214 g/mol. The maximum atomic E-state index is 12.0. The number of hydrogen-bond donors (Lipinski definition) is 0. The van der Waals surface area contributed by atoms with Crippen molar-refractivity contribution in [1.29, 1.82) is 0 Å². The number of para-hydroxylation sites is 1. The zero-order valence-corrected chi connectivity index (χ0v) is 9.59. The zero-order chi connectivity index (χ0) is 12.3. The van der Waals surface area contributed by atoms with Gasteiger partial charge in [-0.05, 0) is 30.2 Å². The summed E-state index contributed by atoms with van der Waals surface area (Å²) in [4.78, 5) is 22.8. The molecule has 3 nitrogen and oxygen atoms in total. The molecule has 1 aromatic heterocycles. The van der Waals surface area contributed by atoms with Crippen LogP contribution in [0.25, 0.3) is 5.69 Å². The van der Waals surface area contributed by atoms with Crippen molar-refractivity contribution in [3.8, 4) is 5.69 Å². The van der Waals surface area contributed by atoms with Gasteiger partial charge in [-0.25, -0.2) is 0 Å². The van der Waals surface area contributed by atoms with Crippen molar-refractivity contribution in [2.45, 2.75) is 13.3 Å². The molecule has 0 saturated carbocycles. The molecule has 0 N–H and O–H groups in total. The van der Waals surface area contributed by atoms with Gasteiger partial charge in [0.1, 0.15) is 0 Å². The minimum Gasteiger partial charge on any atom is -0.298 e. The fourth-order valence-electron chi connectivity index (χ4n) is 1.84. The molecule has 0 aliphatic carbocycles. The Labute approximate surface area is 99.3 Å². The summed E-state index contributed by atoms with van der Waals surface area (Å²) >= 11 is 0. The number of aldehydes is 1. The minimum atomic E-state index is -0.275. The Balaban J connectivity index is 2.69. The average molecular weight is 227 g/mol. The number of rotatable bonds is 3. The molecule has 0 saturated heterocycles. The van der Waals surface area contributed by atoms with Crippen LogP contribution >= 0.6 is 0 Å². The highest BCUT2D eigenvalue weighted by atomic mass is 16.1. The largest absolute Gasteiger partial charge is 0.298 e. The van der Waals surface area contributed by atoms with Gasteiger partial charge in [-0.2, -0.15) is 0 Å². The lowest BCUT2D eigenvalue weighted by Crippen LogP contribution is -2.21. The molecule has 3 heteroatoms. The second-order valence-corrected chi connectivity index (χ2v) is 3.74. The van der Waals surface area contributed by atoms with Gasteiger partial charge >= 0.3 is 0 Å². The van der Waals surface area contributed by atoms with Gasteiger partial charge in [-0.15, -0.1) is 0 Å². The van der Waals surface area contributed by atoms with Crippen LogP contribution in [0.15, 0.2) is 47.4 Å². The van der Waals surface area contributed by atoms with Crippen molar-refractivity contribution in [2.24, 2.45) is 0 Å². The molecule has 0 amide bonds. The van der Waals surface area contributed by atoms with Crippen molar-refractivity contribution in [2.75, 3.05) is 0 Å². The Morgan fingerprint density at radius 3 is 2.65 bits per heavy atom. The van der Waals surface area contributed by atoms with Crippen LogP contribution in [-0.4, -0.2) is 10.9 Å². The second-order valence-electron chi connectivity index (χ2n) is 3.74. The predicted octanol–water partition coefficient (Wildman–Crippen LogP) is 2.21. The van der Waals surface area contributed by atoms with Crippen LogP contribution in [0.1, 0.15) is 22.8 Å². The molecule has 0 aliphatic heterocycles. The summed E-state index contributed by atoms with van der Waals surface area (Å²) in [5.41, 5.74) is 1.82. The summed E-state index contributed by atoms with van der Waals surface area (Å²) in [6.07, 6.45) is 3.12. The van der Waals surface area contributed by atoms with Gasteiger partial charge < -0.3 is 0 Å². The standard InChI is InChI=1S/C14H13NO2/c1-2-11-6-3-4-8-13(11)15-9-5-7-12(10-16)14(15)17/h3-10H,2H2,1H3. The van der Waals surface area contributed by atoms with Crippen molar-refractivity contribution >= 4 is 6.29 Å². The monoisotopic (exact) mass is 227 g/mol. The first-order valence-electron chi connectivity index (χ1n) is 5.53. The highest BCUT2D eigenvalue weighted by molar-refractivity contribution is 5.74. The number of carbonyl (C=O) groups is 1. The fraction of sp³-hybridized carbons (Fsp3) is 0.143. The molecule has 86 valence electrons. The molecule has 1 aromatic carbocycles. The minimum absolute atomic E-state index is 0.179. The summed E-state index contributed by atoms with van der Waals surface area (Å²) in [6.45, 7) is 2.04. The van der Waals surface area contributed by atoms with Gasteiger partial charge in [-0.1, -0.05) is 25.1 Å². The van der Waals surface area contributed by atoms with E-state index in [9.17, 15) is 9.59 Å². The summed E-state index contributed by atoms with van der Waals surface area (Å²) in [6, 6.07) is 10.9. The third kappa shape index (κ3) is 2.04. The van der Waals surface area contributed by atoms with Gasteiger partial charge in [-0.3, -0.25) is 14.2 Å². The first kappa shape index (κ1) is 11.3. The van der Waals surface area contributed by atoms with Crippen LogP contribution in [0.3, 0.4) is 0 Å². The van der Waals surface area contributed by atoms with Crippen LogP contribution in [0, 0.1) is 0 Å². The molecule has 0 radical (unpaired) electrons. The topological polar surface area (TPSA) is 39.1 Å². The van der Waals surface area contributed by atoms with E-state index in [-0.39, 0.29) is 11.1 Å². The van der Waals surface area contributed by atoms with E-state index in [1.165, 1.54) is 10.6 Å². The third-order valence-electron chi connectivity index (χ3n) is 2.74. The predicted molar refractivity (Wildman–Crippen MR) is 66.8 cm³/mol. The molecule has 2 aromatic rings. The second kappa shape index (κ2) is 4.78. The highest BCUT2D eigenvalue weighted by Crippen LogP contribution is 2.13. The Morgan fingerprint density at radius 2 is 1.94 bits per heavy atom. The number of aryl methyl sites for hydroxylation is 1. The number of pyridine rings is 1. The van der Waals surface area contributed by atoms with E-state index >= 15 is 0 Å². The van der Waals surface area contributed by atoms with Gasteiger partial charge in [0, 0.05) is 6.20 Å². The molecule has 0 spiro atoms. The highest BCUT2D eigenvalue weighted by Gasteiger charge is 2.06. The van der Waals surface area contributed by atoms with Crippen LogP contribution in [-0.2, 0) is 6.42 Å². The Hall–Kier alpha value is -2.16. The Kier molecular flexibility index (Phi) is 3.19. The lowest BCUT2D eigenvalue weighted by atomic mass is 10.1. The van der Waals surface area contributed by atoms with E-state index in [1.54, 1.807) is 12.3 Å². The van der Waals surface area contributed by atoms with E-state index in [0.29, 0.717) is 6.29 Å². The molecule has 0 aliphatic rings. The van der Waals surface area contributed by atoms with Crippen LogP contribution in [0.2, 0.25) is 0 Å². The number of benzene rings is 1. The van der Waals surface area contributed by atoms with Gasteiger partial charge in [0.2, 0.25) is 0 Å².